The van der Waals surface area contributed by atoms with Crippen LogP contribution in [-0.4, -0.2) is 113 Å². The highest BCUT2D eigenvalue weighted by Gasteiger charge is 2.38. The summed E-state index contributed by atoms with van der Waals surface area (Å²) in [6, 6.07) is 33.7. The molecule has 3 aliphatic rings. The standard InChI is InChI=1S/C66H71N7O13/c1-40(2)33-53-61(78)70-52(24-14-15-31-67-59(76)44-25-28-47(65(82)83)50(36-44)58-48-29-26-45(74)37-56(48)86-57-38-46(75)27-30-49(57)58)64(81)73(3)55(35-42-19-9-5-10-20-42)63(80)72-54(34-41-17-7-4-8-18-41)62(79)69-51(60(77)71-53)23-13-16-32-68-66(84)85-39-43-21-11-6-12-22-43/h4-12,17-22,25-30,36-38,40,51-55,74H,13-16,23-24,31-35,39H2,1-3H3,(H,67,76)(H,68,84)(H,69,79)(H,70,78)(H,71,77)(H,72,80)(H,82,83)/t51-,52-,53-,54-,55+/m0/s1. The quantitative estimate of drug-likeness (QED) is 0.0260. The van der Waals surface area contributed by atoms with Crippen molar-refractivity contribution in [3.05, 3.63) is 184 Å². The fraction of sp³-hybridized carbons (Fsp3) is 0.318. The highest BCUT2D eigenvalue weighted by Crippen LogP contribution is 2.42. The number of carbonyl (C=O) groups is 8. The number of fused-ring (bicyclic) bond motifs is 2. The Kier molecular flexibility index (Phi) is 21.4. The number of rotatable bonds is 21. The highest BCUT2D eigenvalue weighted by atomic mass is 16.5. The van der Waals surface area contributed by atoms with Crippen LogP contribution in [0.25, 0.3) is 33.4 Å². The monoisotopic (exact) mass is 1170 g/mol. The van der Waals surface area contributed by atoms with E-state index in [1.807, 2.05) is 68.4 Å². The Morgan fingerprint density at radius 3 is 1.85 bits per heavy atom. The molecule has 7 amide bonds. The van der Waals surface area contributed by atoms with Crippen LogP contribution in [0.3, 0.4) is 0 Å². The fourth-order valence-electron chi connectivity index (χ4n) is 10.5. The molecule has 5 aromatic rings. The molecule has 1 aliphatic carbocycles. The van der Waals surface area contributed by atoms with Crippen LogP contribution < -0.4 is 37.3 Å². The third-order valence-electron chi connectivity index (χ3n) is 15.0. The molecule has 20 heteroatoms. The van der Waals surface area contributed by atoms with E-state index in [0.717, 1.165) is 5.56 Å². The van der Waals surface area contributed by atoms with Crippen LogP contribution in [-0.2, 0) is 48.2 Å². The molecule has 0 bridgehead atoms. The Bertz CT molecular complexity index is 3580. The Morgan fingerprint density at radius 1 is 0.605 bits per heavy atom. The number of carboxylic acid groups (broad SMARTS) is 1. The second-order valence-corrected chi connectivity index (χ2v) is 21.8. The SMILES string of the molecule is CC(C)C[C@@H]1NC(=O)[C@H](CCCCNC(=O)OCc2ccccc2)NC(=O)[C@H](Cc2ccccc2)NC(=O)[C@@H](Cc2ccccc2)N(C)C(=O)[C@H](CCCCNC(=O)c2ccc(C(=O)O)c(-c3c4ccc(=O)cc-4oc4cc(O)ccc34)c2)NC1=O. The molecule has 2 aliphatic heterocycles. The number of alkyl carbamates (subject to hydrolysis) is 1. The zero-order chi connectivity index (χ0) is 61.3. The van der Waals surface area contributed by atoms with Crippen molar-refractivity contribution in [2.45, 2.75) is 108 Å². The van der Waals surface area contributed by atoms with Gasteiger partial charge in [-0.3, -0.25) is 33.6 Å². The molecule has 2 heterocycles. The number of nitrogens with one attached hydrogen (secondary N) is 6. The lowest BCUT2D eigenvalue weighted by molar-refractivity contribution is -0.143. The van der Waals surface area contributed by atoms with Crippen molar-refractivity contribution in [3.63, 3.8) is 0 Å². The second kappa shape index (κ2) is 29.6. The van der Waals surface area contributed by atoms with E-state index < -0.39 is 77.7 Å². The van der Waals surface area contributed by atoms with E-state index in [4.69, 9.17) is 9.15 Å². The summed E-state index contributed by atoms with van der Waals surface area (Å²) in [6.45, 7) is 4.10. The largest absolute Gasteiger partial charge is 0.508 e. The molecule has 8 rings (SSSR count). The molecule has 5 atom stereocenters. The number of hydrogen-bond donors (Lipinski definition) is 8. The number of hydrogen-bond acceptors (Lipinski definition) is 12. The summed E-state index contributed by atoms with van der Waals surface area (Å²) in [6.07, 6.45) is 0.953. The number of phenols is 1. The summed E-state index contributed by atoms with van der Waals surface area (Å²) >= 11 is 0. The minimum Gasteiger partial charge on any atom is -0.508 e. The van der Waals surface area contributed by atoms with Crippen LogP contribution in [0.15, 0.2) is 155 Å². The minimum absolute atomic E-state index is 0.0236. The van der Waals surface area contributed by atoms with Crippen LogP contribution in [0.1, 0.15) is 96.2 Å². The molecule has 8 N–H and O–H groups in total. The van der Waals surface area contributed by atoms with Crippen LogP contribution in [0.2, 0.25) is 0 Å². The normalized spacial score (nSPS) is 17.8. The lowest BCUT2D eigenvalue weighted by Crippen LogP contribution is -2.58. The molecule has 86 heavy (non-hydrogen) atoms. The van der Waals surface area contributed by atoms with E-state index in [1.165, 1.54) is 60.5 Å². The van der Waals surface area contributed by atoms with Crippen molar-refractivity contribution in [1.29, 1.82) is 0 Å². The van der Waals surface area contributed by atoms with Crippen molar-refractivity contribution in [1.82, 2.24) is 36.8 Å². The predicted octanol–water partition coefficient (Wildman–Crippen LogP) is 7.28. The van der Waals surface area contributed by atoms with Gasteiger partial charge in [-0.05, 0) is 116 Å². The maximum absolute atomic E-state index is 15.0. The van der Waals surface area contributed by atoms with Crippen molar-refractivity contribution < 1.29 is 57.7 Å². The number of nitrogens with zero attached hydrogens (tertiary/aromatic N) is 1. The molecule has 1 saturated heterocycles. The van der Waals surface area contributed by atoms with E-state index in [9.17, 15) is 48.6 Å². The molecule has 0 spiro atoms. The summed E-state index contributed by atoms with van der Waals surface area (Å²) in [7, 11) is 1.46. The molecule has 0 radical (unpaired) electrons. The first kappa shape index (κ1) is 62.2. The summed E-state index contributed by atoms with van der Waals surface area (Å²) in [5, 5.41) is 38.2. The number of carboxylic acids is 1. The van der Waals surface area contributed by atoms with Crippen molar-refractivity contribution >= 4 is 58.5 Å². The number of aromatic hydroxyl groups is 1. The van der Waals surface area contributed by atoms with Gasteiger partial charge < -0.3 is 56.2 Å². The van der Waals surface area contributed by atoms with E-state index in [0.29, 0.717) is 40.5 Å². The summed E-state index contributed by atoms with van der Waals surface area (Å²) in [4.78, 5) is 127. The first-order valence-corrected chi connectivity index (χ1v) is 28.8. The van der Waals surface area contributed by atoms with Gasteiger partial charge in [0.25, 0.3) is 5.91 Å². The Balaban J connectivity index is 1.03. The third-order valence-corrected chi connectivity index (χ3v) is 15.0. The van der Waals surface area contributed by atoms with Crippen LogP contribution in [0.4, 0.5) is 4.79 Å². The Labute approximate surface area is 497 Å². The number of carbonyl (C=O) groups excluding carboxylic acids is 7. The summed E-state index contributed by atoms with van der Waals surface area (Å²) < 4.78 is 11.3. The lowest BCUT2D eigenvalue weighted by Gasteiger charge is -2.32. The number of benzene rings is 6. The van der Waals surface area contributed by atoms with Gasteiger partial charge in [0.1, 0.15) is 53.9 Å². The average Bonchev–Trinajstić information content (AvgIpc) is 3.19. The lowest BCUT2D eigenvalue weighted by atomic mass is 9.89. The minimum atomic E-state index is -1.28. The zero-order valence-corrected chi connectivity index (χ0v) is 48.1. The van der Waals surface area contributed by atoms with Crippen LogP contribution in [0, 0.1) is 5.92 Å². The van der Waals surface area contributed by atoms with Gasteiger partial charge in [0.2, 0.25) is 29.5 Å². The first-order valence-electron chi connectivity index (χ1n) is 28.8. The maximum atomic E-state index is 15.0. The molecule has 5 aromatic carbocycles. The number of amides is 7. The Hall–Kier alpha value is -9.85. The van der Waals surface area contributed by atoms with Gasteiger partial charge in [-0.1, -0.05) is 105 Å². The number of aromatic carboxylic acids is 1. The number of phenolic OH excluding ortho intramolecular Hbond substituents is 1. The zero-order valence-electron chi connectivity index (χ0n) is 48.1. The van der Waals surface area contributed by atoms with Crippen molar-refractivity contribution in [2.75, 3.05) is 20.1 Å². The molecule has 1 fully saturated rings. The predicted molar refractivity (Wildman–Crippen MR) is 322 cm³/mol. The molecule has 0 aromatic heterocycles. The fourth-order valence-corrected chi connectivity index (χ4v) is 10.5. The van der Waals surface area contributed by atoms with Gasteiger partial charge in [-0.25, -0.2) is 9.59 Å². The number of ether oxygens (including phenoxy) is 1. The van der Waals surface area contributed by atoms with E-state index in [1.54, 1.807) is 42.5 Å². The van der Waals surface area contributed by atoms with Gasteiger partial charge in [-0.15, -0.1) is 0 Å². The Morgan fingerprint density at radius 2 is 1.19 bits per heavy atom. The van der Waals surface area contributed by atoms with Gasteiger partial charge in [0.15, 0.2) is 5.43 Å². The third kappa shape index (κ3) is 16.7. The molecular formula is C66H71N7O13. The number of unbranched alkanes of at least 4 members (excludes halogenated alkanes) is 2. The molecule has 20 nitrogen and oxygen atoms in total. The molecule has 0 saturated carbocycles. The van der Waals surface area contributed by atoms with Gasteiger partial charge in [-0.2, -0.15) is 0 Å². The smallest absolute Gasteiger partial charge is 0.407 e. The molecular weight excluding hydrogens is 1100 g/mol. The topological polar surface area (TPSA) is 292 Å². The van der Waals surface area contributed by atoms with Gasteiger partial charge in [0, 0.05) is 67.2 Å². The van der Waals surface area contributed by atoms with Crippen LogP contribution >= 0.6 is 0 Å². The summed E-state index contributed by atoms with van der Waals surface area (Å²) in [5.41, 5.74) is 2.93. The van der Waals surface area contributed by atoms with E-state index >= 15 is 4.79 Å². The number of likely N-dealkylation sites (N-methyl/N-ethyl adjacent to an activating group) is 1. The van der Waals surface area contributed by atoms with Crippen LogP contribution in [0.5, 0.6) is 5.75 Å². The molecule has 448 valence electrons. The van der Waals surface area contributed by atoms with Crippen molar-refractivity contribution in [2.24, 2.45) is 5.92 Å². The van der Waals surface area contributed by atoms with Crippen molar-refractivity contribution in [3.8, 4) is 28.2 Å². The van der Waals surface area contributed by atoms with E-state index in [-0.39, 0.29) is 110 Å². The van der Waals surface area contributed by atoms with Gasteiger partial charge in [0.05, 0.1) is 5.56 Å². The first-order chi connectivity index (χ1) is 41.4. The second-order valence-electron chi connectivity index (χ2n) is 21.8. The van der Waals surface area contributed by atoms with Gasteiger partial charge >= 0.3 is 12.1 Å². The van der Waals surface area contributed by atoms with E-state index in [2.05, 4.69) is 31.9 Å². The average molecular weight is 1170 g/mol. The molecule has 0 unspecified atom stereocenters. The maximum Gasteiger partial charge on any atom is 0.407 e. The summed E-state index contributed by atoms with van der Waals surface area (Å²) in [5.74, 6) is -5.25. The highest BCUT2D eigenvalue weighted by molar-refractivity contribution is 6.09.